The molecule has 110 valence electrons. The van der Waals surface area contributed by atoms with Crippen molar-refractivity contribution < 1.29 is 4.74 Å². The van der Waals surface area contributed by atoms with E-state index in [4.69, 9.17) is 4.74 Å². The number of nitrogens with zero attached hydrogens (tertiary/aromatic N) is 1. The van der Waals surface area contributed by atoms with Gasteiger partial charge in [-0.05, 0) is 50.6 Å². The second kappa shape index (κ2) is 6.56. The number of morpholine rings is 1. The van der Waals surface area contributed by atoms with Crippen LogP contribution in [0.1, 0.15) is 18.4 Å². The molecule has 3 nitrogen and oxygen atoms in total. The molecule has 0 aromatic heterocycles. The Labute approximate surface area is 129 Å². The number of ether oxygens (including phenoxy) is 1. The Morgan fingerprint density at radius 1 is 1.40 bits per heavy atom. The van der Waals surface area contributed by atoms with Crippen LogP contribution in [-0.4, -0.2) is 49.8 Å². The summed E-state index contributed by atoms with van der Waals surface area (Å²) in [6, 6.07) is 9.67. The highest BCUT2D eigenvalue weighted by molar-refractivity contribution is 9.10. The first-order chi connectivity index (χ1) is 9.76. The molecule has 0 bridgehead atoms. The number of halogens is 1. The minimum absolute atomic E-state index is 0.304. The van der Waals surface area contributed by atoms with Gasteiger partial charge in [-0.2, -0.15) is 0 Å². The van der Waals surface area contributed by atoms with E-state index in [0.717, 1.165) is 24.0 Å². The lowest BCUT2D eigenvalue weighted by Crippen LogP contribution is -2.54. The Kier molecular flexibility index (Phi) is 4.76. The first-order valence-electron chi connectivity index (χ1n) is 7.53. The van der Waals surface area contributed by atoms with Gasteiger partial charge in [-0.1, -0.05) is 28.1 Å². The van der Waals surface area contributed by atoms with Crippen molar-refractivity contribution in [3.05, 3.63) is 34.3 Å². The number of hydrogen-bond acceptors (Lipinski definition) is 3. The van der Waals surface area contributed by atoms with E-state index < -0.39 is 0 Å². The average molecular weight is 339 g/mol. The minimum atomic E-state index is 0.304. The Morgan fingerprint density at radius 3 is 2.95 bits per heavy atom. The predicted molar refractivity (Wildman–Crippen MR) is 85.0 cm³/mol. The summed E-state index contributed by atoms with van der Waals surface area (Å²) in [5.74, 6) is 0. The molecule has 2 saturated heterocycles. The van der Waals surface area contributed by atoms with E-state index in [2.05, 4.69) is 50.4 Å². The van der Waals surface area contributed by atoms with E-state index in [9.17, 15) is 0 Å². The smallest absolute Gasteiger partial charge is 0.0858 e. The standard InChI is InChI=1S/C16H23BrN2O/c1-18-15(9-12-4-6-13(17)7-5-12)16-10-19-8-2-3-14(19)11-20-16/h4-7,14-16,18H,2-3,8-11H2,1H3. The van der Waals surface area contributed by atoms with E-state index in [-0.39, 0.29) is 0 Å². The van der Waals surface area contributed by atoms with Gasteiger partial charge in [-0.3, -0.25) is 4.90 Å². The Hall–Kier alpha value is -0.420. The van der Waals surface area contributed by atoms with Crippen LogP contribution < -0.4 is 5.32 Å². The van der Waals surface area contributed by atoms with Crippen LogP contribution in [0.2, 0.25) is 0 Å². The van der Waals surface area contributed by atoms with Gasteiger partial charge in [-0.25, -0.2) is 0 Å². The van der Waals surface area contributed by atoms with E-state index in [0.29, 0.717) is 18.2 Å². The largest absolute Gasteiger partial charge is 0.374 e. The molecule has 0 spiro atoms. The van der Waals surface area contributed by atoms with Gasteiger partial charge in [0.2, 0.25) is 0 Å². The van der Waals surface area contributed by atoms with Crippen LogP contribution in [0.25, 0.3) is 0 Å². The maximum atomic E-state index is 6.13. The lowest BCUT2D eigenvalue weighted by atomic mass is 9.99. The number of rotatable bonds is 4. The zero-order valence-electron chi connectivity index (χ0n) is 12.0. The maximum absolute atomic E-state index is 6.13. The molecule has 2 aliphatic heterocycles. The monoisotopic (exact) mass is 338 g/mol. The molecule has 1 aromatic carbocycles. The molecule has 0 aliphatic carbocycles. The number of hydrogen-bond donors (Lipinski definition) is 1. The third-order valence-electron chi connectivity index (χ3n) is 4.60. The van der Waals surface area contributed by atoms with Gasteiger partial charge in [0, 0.05) is 23.1 Å². The van der Waals surface area contributed by atoms with E-state index >= 15 is 0 Å². The zero-order valence-corrected chi connectivity index (χ0v) is 13.6. The van der Waals surface area contributed by atoms with Crippen molar-refractivity contribution in [1.29, 1.82) is 0 Å². The third kappa shape index (κ3) is 3.25. The van der Waals surface area contributed by atoms with Crippen LogP contribution >= 0.6 is 15.9 Å². The summed E-state index contributed by atoms with van der Waals surface area (Å²) < 4.78 is 7.26. The van der Waals surface area contributed by atoms with Crippen LogP contribution in [0.5, 0.6) is 0 Å². The summed E-state index contributed by atoms with van der Waals surface area (Å²) in [4.78, 5) is 2.61. The lowest BCUT2D eigenvalue weighted by Gasteiger charge is -2.38. The number of likely N-dealkylation sites (N-methyl/N-ethyl adjacent to an activating group) is 1. The maximum Gasteiger partial charge on any atom is 0.0858 e. The molecule has 1 aromatic rings. The quantitative estimate of drug-likeness (QED) is 0.912. The molecule has 20 heavy (non-hydrogen) atoms. The molecule has 2 heterocycles. The summed E-state index contributed by atoms with van der Waals surface area (Å²) >= 11 is 3.49. The van der Waals surface area contributed by atoms with Crippen molar-refractivity contribution >= 4 is 15.9 Å². The highest BCUT2D eigenvalue weighted by Crippen LogP contribution is 2.24. The first kappa shape index (κ1) is 14.5. The van der Waals surface area contributed by atoms with Gasteiger partial charge in [-0.15, -0.1) is 0 Å². The summed E-state index contributed by atoms with van der Waals surface area (Å²) in [5, 5.41) is 3.45. The molecular weight excluding hydrogens is 316 g/mol. The van der Waals surface area contributed by atoms with E-state index in [1.165, 1.54) is 24.9 Å². The van der Waals surface area contributed by atoms with Gasteiger partial charge in [0.05, 0.1) is 12.7 Å². The van der Waals surface area contributed by atoms with Crippen LogP contribution in [-0.2, 0) is 11.2 Å². The number of fused-ring (bicyclic) bond motifs is 1. The van der Waals surface area contributed by atoms with E-state index in [1.807, 2.05) is 7.05 Å². The average Bonchev–Trinajstić information content (AvgIpc) is 2.94. The normalized spacial score (nSPS) is 28.3. The molecule has 3 unspecified atom stereocenters. The van der Waals surface area contributed by atoms with Crippen molar-refractivity contribution in [3.63, 3.8) is 0 Å². The number of benzene rings is 1. The molecule has 2 aliphatic rings. The molecule has 1 N–H and O–H groups in total. The summed E-state index contributed by atoms with van der Waals surface area (Å²) in [6.45, 7) is 3.23. The fraction of sp³-hybridized carbons (Fsp3) is 0.625. The predicted octanol–water partition coefficient (Wildman–Crippen LogP) is 2.44. The van der Waals surface area contributed by atoms with Crippen molar-refractivity contribution in [2.24, 2.45) is 0 Å². The fourth-order valence-corrected chi connectivity index (χ4v) is 3.64. The van der Waals surface area contributed by atoms with E-state index in [1.54, 1.807) is 0 Å². The van der Waals surface area contributed by atoms with Gasteiger partial charge in [0.25, 0.3) is 0 Å². The van der Waals surface area contributed by atoms with Crippen molar-refractivity contribution in [3.8, 4) is 0 Å². The van der Waals surface area contributed by atoms with Crippen molar-refractivity contribution in [1.82, 2.24) is 10.2 Å². The Balaban J connectivity index is 1.62. The molecular formula is C16H23BrN2O. The molecule has 2 fully saturated rings. The molecule has 4 heteroatoms. The fourth-order valence-electron chi connectivity index (χ4n) is 3.38. The molecule has 3 atom stereocenters. The summed E-state index contributed by atoms with van der Waals surface area (Å²) in [6.07, 6.45) is 3.96. The summed E-state index contributed by atoms with van der Waals surface area (Å²) in [5.41, 5.74) is 1.36. The highest BCUT2D eigenvalue weighted by atomic mass is 79.9. The SMILES string of the molecule is CNC(Cc1ccc(Br)cc1)C1CN2CCCC2CO1. The number of nitrogens with one attached hydrogen (secondary N) is 1. The highest BCUT2D eigenvalue weighted by Gasteiger charge is 2.35. The topological polar surface area (TPSA) is 24.5 Å². The zero-order chi connectivity index (χ0) is 13.9. The second-order valence-electron chi connectivity index (χ2n) is 5.89. The van der Waals surface area contributed by atoms with Crippen LogP contribution in [0.15, 0.2) is 28.7 Å². The molecule has 0 radical (unpaired) electrons. The molecule has 0 amide bonds. The van der Waals surface area contributed by atoms with Gasteiger partial charge in [0.1, 0.15) is 0 Å². The van der Waals surface area contributed by atoms with Crippen molar-refractivity contribution in [2.75, 3.05) is 26.7 Å². The Morgan fingerprint density at radius 2 is 2.20 bits per heavy atom. The van der Waals surface area contributed by atoms with Crippen LogP contribution in [0, 0.1) is 0 Å². The molecule has 0 saturated carbocycles. The Bertz CT molecular complexity index is 437. The van der Waals surface area contributed by atoms with Crippen LogP contribution in [0.4, 0.5) is 0 Å². The van der Waals surface area contributed by atoms with Crippen LogP contribution in [0.3, 0.4) is 0 Å². The van der Waals surface area contributed by atoms with Crippen molar-refractivity contribution in [2.45, 2.75) is 37.5 Å². The summed E-state index contributed by atoms with van der Waals surface area (Å²) in [7, 11) is 2.04. The minimum Gasteiger partial charge on any atom is -0.374 e. The second-order valence-corrected chi connectivity index (χ2v) is 6.80. The first-order valence-corrected chi connectivity index (χ1v) is 8.33. The third-order valence-corrected chi connectivity index (χ3v) is 5.13. The van der Waals surface area contributed by atoms with Gasteiger partial charge >= 0.3 is 0 Å². The lowest BCUT2D eigenvalue weighted by molar-refractivity contribution is -0.0634. The van der Waals surface area contributed by atoms with Gasteiger partial charge < -0.3 is 10.1 Å². The molecule has 3 rings (SSSR count). The van der Waals surface area contributed by atoms with Gasteiger partial charge in [0.15, 0.2) is 0 Å².